The van der Waals surface area contributed by atoms with Gasteiger partial charge in [-0.1, -0.05) is 24.3 Å². The zero-order valence-corrected chi connectivity index (χ0v) is 10.2. The van der Waals surface area contributed by atoms with Crippen LogP contribution in [-0.4, -0.2) is 20.2 Å². The van der Waals surface area contributed by atoms with Crippen LogP contribution >= 0.6 is 0 Å². The quantitative estimate of drug-likeness (QED) is 0.844. The molecule has 2 heteroatoms. The van der Waals surface area contributed by atoms with E-state index in [-0.39, 0.29) is 6.10 Å². The molecule has 0 aromatic heterocycles. The highest BCUT2D eigenvalue weighted by atomic mass is 16.5. The molecule has 1 saturated heterocycles. The lowest BCUT2D eigenvalue weighted by atomic mass is 9.91. The van der Waals surface area contributed by atoms with Gasteiger partial charge in [0.15, 0.2) is 0 Å². The van der Waals surface area contributed by atoms with E-state index < -0.39 is 0 Å². The van der Waals surface area contributed by atoms with E-state index in [4.69, 9.17) is 4.74 Å². The first-order valence-electron chi connectivity index (χ1n) is 6.14. The van der Waals surface area contributed by atoms with E-state index in [0.717, 1.165) is 6.54 Å². The summed E-state index contributed by atoms with van der Waals surface area (Å²) in [4.78, 5) is 0. The monoisotopic (exact) mass is 219 g/mol. The Kier molecular flexibility index (Phi) is 3.97. The predicted molar refractivity (Wildman–Crippen MR) is 66.7 cm³/mol. The van der Waals surface area contributed by atoms with Gasteiger partial charge in [0, 0.05) is 13.7 Å². The standard InChI is InChI=1S/C14H21NO/c1-11(16-2)12-5-7-13(8-6-12)14-4-3-9-15-10-14/h5-8,11,14-15H,3-4,9-10H2,1-2H3. The molecule has 0 bridgehead atoms. The Morgan fingerprint density at radius 2 is 2.06 bits per heavy atom. The van der Waals surface area contributed by atoms with Crippen molar-refractivity contribution in [1.82, 2.24) is 5.32 Å². The Morgan fingerprint density at radius 3 is 2.62 bits per heavy atom. The van der Waals surface area contributed by atoms with E-state index in [9.17, 15) is 0 Å². The Bertz CT molecular complexity index is 314. The van der Waals surface area contributed by atoms with Gasteiger partial charge < -0.3 is 10.1 Å². The molecule has 0 saturated carbocycles. The van der Waals surface area contributed by atoms with Crippen LogP contribution in [0.5, 0.6) is 0 Å². The summed E-state index contributed by atoms with van der Waals surface area (Å²) in [5.74, 6) is 0.695. The van der Waals surface area contributed by atoms with Crippen molar-refractivity contribution in [1.29, 1.82) is 0 Å². The molecule has 0 amide bonds. The van der Waals surface area contributed by atoms with E-state index >= 15 is 0 Å². The second kappa shape index (κ2) is 5.46. The van der Waals surface area contributed by atoms with Gasteiger partial charge in [-0.2, -0.15) is 0 Å². The summed E-state index contributed by atoms with van der Waals surface area (Å²) >= 11 is 0. The normalized spacial score (nSPS) is 23.0. The van der Waals surface area contributed by atoms with Gasteiger partial charge in [-0.3, -0.25) is 0 Å². The molecule has 1 fully saturated rings. The fourth-order valence-electron chi connectivity index (χ4n) is 2.31. The summed E-state index contributed by atoms with van der Waals surface area (Å²) in [5.41, 5.74) is 2.72. The largest absolute Gasteiger partial charge is 0.377 e. The van der Waals surface area contributed by atoms with Crippen LogP contribution in [0.2, 0.25) is 0 Å². The number of benzene rings is 1. The average Bonchev–Trinajstić information content (AvgIpc) is 2.39. The van der Waals surface area contributed by atoms with Crippen molar-refractivity contribution in [3.63, 3.8) is 0 Å². The van der Waals surface area contributed by atoms with Crippen molar-refractivity contribution in [2.75, 3.05) is 20.2 Å². The number of hydrogen-bond donors (Lipinski definition) is 1. The SMILES string of the molecule is COC(C)c1ccc(C2CCCNC2)cc1. The van der Waals surface area contributed by atoms with Crippen molar-refractivity contribution in [3.8, 4) is 0 Å². The van der Waals surface area contributed by atoms with E-state index in [0.29, 0.717) is 5.92 Å². The van der Waals surface area contributed by atoms with Crippen LogP contribution in [-0.2, 0) is 4.74 Å². The van der Waals surface area contributed by atoms with E-state index in [2.05, 4.69) is 36.5 Å². The molecule has 1 heterocycles. The zero-order valence-electron chi connectivity index (χ0n) is 10.2. The molecule has 0 aliphatic carbocycles. The summed E-state index contributed by atoms with van der Waals surface area (Å²) in [6.45, 7) is 4.38. The van der Waals surface area contributed by atoms with Crippen LogP contribution in [0, 0.1) is 0 Å². The van der Waals surface area contributed by atoms with Gasteiger partial charge in [-0.25, -0.2) is 0 Å². The second-order valence-electron chi connectivity index (χ2n) is 4.59. The number of hydrogen-bond acceptors (Lipinski definition) is 2. The molecule has 1 aliphatic rings. The van der Waals surface area contributed by atoms with E-state index in [1.807, 2.05) is 0 Å². The third-order valence-electron chi connectivity index (χ3n) is 3.53. The Balaban J connectivity index is 2.06. The van der Waals surface area contributed by atoms with Crippen molar-refractivity contribution in [2.45, 2.75) is 31.8 Å². The van der Waals surface area contributed by atoms with Crippen LogP contribution in [0.25, 0.3) is 0 Å². The molecule has 1 aliphatic heterocycles. The first kappa shape index (κ1) is 11.6. The highest BCUT2D eigenvalue weighted by molar-refractivity contribution is 5.27. The van der Waals surface area contributed by atoms with Gasteiger partial charge in [0.1, 0.15) is 0 Å². The zero-order chi connectivity index (χ0) is 11.4. The van der Waals surface area contributed by atoms with Crippen molar-refractivity contribution < 1.29 is 4.74 Å². The van der Waals surface area contributed by atoms with Crippen molar-refractivity contribution >= 4 is 0 Å². The van der Waals surface area contributed by atoms with Crippen LogP contribution in [0.4, 0.5) is 0 Å². The lowest BCUT2D eigenvalue weighted by Gasteiger charge is -2.23. The van der Waals surface area contributed by atoms with Crippen molar-refractivity contribution in [3.05, 3.63) is 35.4 Å². The average molecular weight is 219 g/mol. The van der Waals surface area contributed by atoms with Gasteiger partial charge in [0.2, 0.25) is 0 Å². The summed E-state index contributed by atoms with van der Waals surface area (Å²) in [5, 5.41) is 3.46. The first-order valence-corrected chi connectivity index (χ1v) is 6.14. The highest BCUT2D eigenvalue weighted by Gasteiger charge is 2.15. The summed E-state index contributed by atoms with van der Waals surface area (Å²) in [6, 6.07) is 8.89. The maximum absolute atomic E-state index is 5.31. The molecule has 2 atom stereocenters. The smallest absolute Gasteiger partial charge is 0.0793 e. The summed E-state index contributed by atoms with van der Waals surface area (Å²) < 4.78 is 5.31. The topological polar surface area (TPSA) is 21.3 Å². The van der Waals surface area contributed by atoms with Crippen LogP contribution in [0.3, 0.4) is 0 Å². The lowest BCUT2D eigenvalue weighted by molar-refractivity contribution is 0.119. The van der Waals surface area contributed by atoms with Gasteiger partial charge in [0.05, 0.1) is 6.10 Å². The lowest BCUT2D eigenvalue weighted by Crippen LogP contribution is -2.28. The van der Waals surface area contributed by atoms with Gasteiger partial charge in [0.25, 0.3) is 0 Å². The fraction of sp³-hybridized carbons (Fsp3) is 0.571. The first-order chi connectivity index (χ1) is 7.81. The maximum atomic E-state index is 5.31. The molecule has 1 aromatic carbocycles. The van der Waals surface area contributed by atoms with E-state index in [1.165, 1.54) is 30.5 Å². The molecule has 2 unspecified atom stereocenters. The Hall–Kier alpha value is -0.860. The molecule has 16 heavy (non-hydrogen) atoms. The molecule has 0 radical (unpaired) electrons. The fourth-order valence-corrected chi connectivity index (χ4v) is 2.31. The predicted octanol–water partition coefficient (Wildman–Crippen LogP) is 2.86. The molecule has 0 spiro atoms. The Labute approximate surface area is 98.0 Å². The summed E-state index contributed by atoms with van der Waals surface area (Å²) in [7, 11) is 1.75. The molecule has 1 N–H and O–H groups in total. The Morgan fingerprint density at radius 1 is 1.31 bits per heavy atom. The minimum absolute atomic E-state index is 0.193. The third-order valence-corrected chi connectivity index (χ3v) is 3.53. The van der Waals surface area contributed by atoms with Gasteiger partial charge in [-0.15, -0.1) is 0 Å². The maximum Gasteiger partial charge on any atom is 0.0793 e. The number of methoxy groups -OCH3 is 1. The number of rotatable bonds is 3. The number of piperidine rings is 1. The van der Waals surface area contributed by atoms with Crippen LogP contribution < -0.4 is 5.32 Å². The molecule has 2 rings (SSSR count). The van der Waals surface area contributed by atoms with Crippen molar-refractivity contribution in [2.24, 2.45) is 0 Å². The minimum atomic E-state index is 0.193. The molecular formula is C14H21NO. The molecule has 1 aromatic rings. The number of ether oxygens (including phenoxy) is 1. The second-order valence-corrected chi connectivity index (χ2v) is 4.59. The molecular weight excluding hydrogens is 198 g/mol. The molecule has 2 nitrogen and oxygen atoms in total. The minimum Gasteiger partial charge on any atom is -0.377 e. The van der Waals surface area contributed by atoms with Gasteiger partial charge >= 0.3 is 0 Å². The van der Waals surface area contributed by atoms with Crippen LogP contribution in [0.15, 0.2) is 24.3 Å². The summed E-state index contributed by atoms with van der Waals surface area (Å²) in [6.07, 6.45) is 2.80. The highest BCUT2D eigenvalue weighted by Crippen LogP contribution is 2.25. The third kappa shape index (κ3) is 2.63. The number of nitrogens with one attached hydrogen (secondary N) is 1. The van der Waals surface area contributed by atoms with E-state index in [1.54, 1.807) is 7.11 Å². The van der Waals surface area contributed by atoms with Crippen LogP contribution in [0.1, 0.15) is 42.9 Å². The van der Waals surface area contributed by atoms with Gasteiger partial charge in [-0.05, 0) is 43.4 Å². The molecule has 88 valence electrons.